The fourth-order valence-electron chi connectivity index (χ4n) is 3.26. The molecule has 9 nitrogen and oxygen atoms in total. The van der Waals surface area contributed by atoms with Crippen molar-refractivity contribution in [1.29, 1.82) is 0 Å². The summed E-state index contributed by atoms with van der Waals surface area (Å²) in [6, 6.07) is 4.24. The van der Waals surface area contributed by atoms with Crippen LogP contribution in [-0.2, 0) is 20.9 Å². The predicted octanol–water partition coefficient (Wildman–Crippen LogP) is 1.16. The highest BCUT2D eigenvalue weighted by Crippen LogP contribution is 2.24. The molecule has 28 heavy (non-hydrogen) atoms. The number of hydrogen-bond donors (Lipinski definition) is 1. The summed E-state index contributed by atoms with van der Waals surface area (Å²) in [5.74, 6) is -1.18. The number of esters is 1. The fraction of sp³-hybridized carbons (Fsp3) is 0.421. The number of aryl methyl sites for hydroxylation is 1. The van der Waals surface area contributed by atoms with Crippen LogP contribution < -0.4 is 10.9 Å². The number of amides is 3. The number of carbonyl (C=O) groups is 3. The molecule has 0 saturated carbocycles. The first-order valence-electron chi connectivity index (χ1n) is 9.09. The number of hydrogen-bond acceptors (Lipinski definition) is 6. The lowest BCUT2D eigenvalue weighted by Gasteiger charge is -2.22. The van der Waals surface area contributed by atoms with E-state index in [2.05, 4.69) is 10.3 Å². The number of ether oxygens (including phenoxy) is 1. The Balaban J connectivity index is 1.69. The zero-order valence-corrected chi connectivity index (χ0v) is 16.0. The van der Waals surface area contributed by atoms with Crippen molar-refractivity contribution in [3.63, 3.8) is 0 Å². The number of nitrogens with zero attached hydrogens (tertiary/aromatic N) is 3. The Morgan fingerprint density at radius 3 is 2.61 bits per heavy atom. The molecule has 3 rings (SSSR count). The summed E-state index contributed by atoms with van der Waals surface area (Å²) >= 11 is 0. The number of nitrogens with one attached hydrogen (secondary N) is 1. The van der Waals surface area contributed by atoms with Crippen molar-refractivity contribution in [3.05, 3.63) is 46.0 Å². The van der Waals surface area contributed by atoms with Gasteiger partial charge in [0.15, 0.2) is 0 Å². The van der Waals surface area contributed by atoms with Crippen molar-refractivity contribution in [2.75, 3.05) is 6.54 Å². The van der Waals surface area contributed by atoms with Crippen molar-refractivity contribution >= 4 is 23.6 Å². The molecule has 0 aliphatic carbocycles. The molecule has 0 aromatic carbocycles. The Bertz CT molecular complexity index is 1010. The fourth-order valence-corrected chi connectivity index (χ4v) is 3.26. The first-order valence-corrected chi connectivity index (χ1v) is 9.09. The summed E-state index contributed by atoms with van der Waals surface area (Å²) < 4.78 is 6.55. The normalized spacial score (nSPS) is 15.8. The minimum atomic E-state index is -0.969. The minimum Gasteiger partial charge on any atom is -0.458 e. The Labute approximate surface area is 161 Å². The molecule has 1 aliphatic rings. The van der Waals surface area contributed by atoms with Crippen LogP contribution in [0.15, 0.2) is 29.2 Å². The zero-order chi connectivity index (χ0) is 20.5. The van der Waals surface area contributed by atoms with E-state index in [4.69, 9.17) is 4.74 Å². The maximum atomic E-state index is 12.5. The molecule has 3 amide bonds. The SMILES string of the molecule is CCC1(CC)NC(=O)N(CC(=O)OCc2cc(=O)n3cccc(C)c3n2)C1=O. The van der Waals surface area contributed by atoms with Gasteiger partial charge in [0, 0.05) is 12.3 Å². The summed E-state index contributed by atoms with van der Waals surface area (Å²) in [6.45, 7) is 4.71. The van der Waals surface area contributed by atoms with E-state index in [-0.39, 0.29) is 12.2 Å². The maximum Gasteiger partial charge on any atom is 0.326 e. The van der Waals surface area contributed by atoms with Crippen LogP contribution in [0.4, 0.5) is 4.79 Å². The van der Waals surface area contributed by atoms with Crippen LogP contribution >= 0.6 is 0 Å². The molecular weight excluding hydrogens is 364 g/mol. The highest BCUT2D eigenvalue weighted by Gasteiger charge is 2.49. The molecule has 0 radical (unpaired) electrons. The molecule has 1 saturated heterocycles. The van der Waals surface area contributed by atoms with Crippen molar-refractivity contribution in [1.82, 2.24) is 19.6 Å². The molecule has 0 bridgehead atoms. The number of fused-ring (bicyclic) bond motifs is 1. The van der Waals surface area contributed by atoms with Gasteiger partial charge in [0.1, 0.15) is 24.3 Å². The Morgan fingerprint density at radius 2 is 1.96 bits per heavy atom. The lowest BCUT2D eigenvalue weighted by Crippen LogP contribution is -2.46. The van der Waals surface area contributed by atoms with Crippen LogP contribution in [0, 0.1) is 6.92 Å². The van der Waals surface area contributed by atoms with E-state index >= 15 is 0 Å². The second-order valence-corrected chi connectivity index (χ2v) is 6.74. The molecule has 2 aromatic rings. The second kappa shape index (κ2) is 7.41. The number of rotatable bonds is 6. The molecule has 1 fully saturated rings. The highest BCUT2D eigenvalue weighted by atomic mass is 16.5. The van der Waals surface area contributed by atoms with Gasteiger partial charge in [-0.15, -0.1) is 0 Å². The zero-order valence-electron chi connectivity index (χ0n) is 16.0. The standard InChI is InChI=1S/C19H22N4O5/c1-4-19(5-2)17(26)23(18(27)21-19)10-15(25)28-11-13-9-14(24)22-8-6-7-12(3)16(22)20-13/h6-9H,4-5,10-11H2,1-3H3,(H,21,27). The molecule has 0 atom stereocenters. The average Bonchev–Trinajstić information content (AvgIpc) is 2.92. The summed E-state index contributed by atoms with van der Waals surface area (Å²) in [6.07, 6.45) is 2.48. The van der Waals surface area contributed by atoms with Crippen molar-refractivity contribution in [2.24, 2.45) is 0 Å². The van der Waals surface area contributed by atoms with Crippen molar-refractivity contribution < 1.29 is 19.1 Å². The van der Waals surface area contributed by atoms with Crippen LogP contribution in [0.3, 0.4) is 0 Å². The van der Waals surface area contributed by atoms with Crippen LogP contribution in [0.5, 0.6) is 0 Å². The van der Waals surface area contributed by atoms with E-state index < -0.39 is 30.0 Å². The second-order valence-electron chi connectivity index (χ2n) is 6.74. The first-order chi connectivity index (χ1) is 13.3. The van der Waals surface area contributed by atoms with E-state index in [0.717, 1.165) is 10.5 Å². The van der Waals surface area contributed by atoms with E-state index in [1.807, 2.05) is 13.0 Å². The first kappa shape index (κ1) is 19.5. The summed E-state index contributed by atoms with van der Waals surface area (Å²) in [4.78, 5) is 54.1. The monoisotopic (exact) mass is 386 g/mol. The van der Waals surface area contributed by atoms with Gasteiger partial charge in [-0.25, -0.2) is 9.78 Å². The largest absolute Gasteiger partial charge is 0.458 e. The topological polar surface area (TPSA) is 110 Å². The summed E-state index contributed by atoms with van der Waals surface area (Å²) in [7, 11) is 0. The predicted molar refractivity (Wildman–Crippen MR) is 99.6 cm³/mol. The number of urea groups is 1. The van der Waals surface area contributed by atoms with E-state index in [0.29, 0.717) is 24.2 Å². The Hall–Kier alpha value is -3.23. The van der Waals surface area contributed by atoms with Gasteiger partial charge >= 0.3 is 12.0 Å². The molecule has 2 aromatic heterocycles. The average molecular weight is 386 g/mol. The summed E-state index contributed by atoms with van der Waals surface area (Å²) in [5, 5.41) is 2.65. The Morgan fingerprint density at radius 1 is 1.25 bits per heavy atom. The molecule has 1 aliphatic heterocycles. The molecule has 3 heterocycles. The van der Waals surface area contributed by atoms with Gasteiger partial charge < -0.3 is 10.1 Å². The molecule has 0 unspecified atom stereocenters. The van der Waals surface area contributed by atoms with Crippen molar-refractivity contribution in [3.8, 4) is 0 Å². The summed E-state index contributed by atoms with van der Waals surface area (Å²) in [5.41, 5.74) is 0.322. The minimum absolute atomic E-state index is 0.227. The smallest absolute Gasteiger partial charge is 0.326 e. The quantitative estimate of drug-likeness (QED) is 0.589. The van der Waals surface area contributed by atoms with E-state index in [1.54, 1.807) is 26.1 Å². The van der Waals surface area contributed by atoms with Gasteiger partial charge in [0.25, 0.3) is 11.5 Å². The highest BCUT2D eigenvalue weighted by molar-refractivity contribution is 6.08. The third-order valence-corrected chi connectivity index (χ3v) is 5.06. The van der Waals surface area contributed by atoms with Gasteiger partial charge in [-0.05, 0) is 31.4 Å². The molecular formula is C19H22N4O5. The third kappa shape index (κ3) is 3.35. The number of carbonyl (C=O) groups excluding carboxylic acids is 3. The Kier molecular flexibility index (Phi) is 5.17. The molecule has 1 N–H and O–H groups in total. The van der Waals surface area contributed by atoms with Gasteiger partial charge in [0.05, 0.1) is 5.69 Å². The van der Waals surface area contributed by atoms with Crippen molar-refractivity contribution in [2.45, 2.75) is 45.8 Å². The van der Waals surface area contributed by atoms with E-state index in [1.165, 1.54) is 10.5 Å². The van der Waals surface area contributed by atoms with Crippen LogP contribution in [0.1, 0.15) is 37.9 Å². The van der Waals surface area contributed by atoms with Gasteiger partial charge in [-0.2, -0.15) is 0 Å². The molecule has 0 spiro atoms. The third-order valence-electron chi connectivity index (χ3n) is 5.06. The molecule has 9 heteroatoms. The van der Waals surface area contributed by atoms with Gasteiger partial charge in [0.2, 0.25) is 0 Å². The number of aromatic nitrogens is 2. The lowest BCUT2D eigenvalue weighted by molar-refractivity contribution is -0.149. The van der Waals surface area contributed by atoms with Crippen LogP contribution in [0.25, 0.3) is 5.65 Å². The van der Waals surface area contributed by atoms with Crippen LogP contribution in [-0.4, -0.2) is 44.3 Å². The van der Waals surface area contributed by atoms with E-state index in [9.17, 15) is 19.2 Å². The van der Waals surface area contributed by atoms with Gasteiger partial charge in [-0.3, -0.25) is 23.7 Å². The maximum absolute atomic E-state index is 12.5. The molecule has 148 valence electrons. The number of imide groups is 1. The lowest BCUT2D eigenvalue weighted by atomic mass is 9.93. The number of pyridine rings is 1. The van der Waals surface area contributed by atoms with Crippen LogP contribution in [0.2, 0.25) is 0 Å². The van der Waals surface area contributed by atoms with Gasteiger partial charge in [-0.1, -0.05) is 19.9 Å².